The van der Waals surface area contributed by atoms with Gasteiger partial charge in [-0.3, -0.25) is 15.6 Å². The molecule has 25 heavy (non-hydrogen) atoms. The molecular weight excluding hydrogens is 338 g/mol. The Morgan fingerprint density at radius 1 is 1.08 bits per heavy atom. The van der Waals surface area contributed by atoms with Crippen LogP contribution in [0.15, 0.2) is 42.5 Å². The molecule has 2 aromatic rings. The van der Waals surface area contributed by atoms with Crippen molar-refractivity contribution in [2.45, 2.75) is 20.0 Å². The van der Waals surface area contributed by atoms with Crippen LogP contribution in [-0.2, 0) is 4.79 Å². The standard InChI is InChI=1S/C18H19N3O3S/c1-11-6-5-7-13(12(11)2)19-18(25)21-20-17(22)16-10-23-14-8-3-4-9-15(14)24-16/h3-9,16H,10H2,1-2H3,(H,20,22)(H2,19,21,25)/t16-/m1/s1. The Kier molecular flexibility index (Phi) is 5.04. The maximum atomic E-state index is 12.2. The van der Waals surface area contributed by atoms with Crippen molar-refractivity contribution in [3.05, 3.63) is 53.6 Å². The third-order valence-electron chi connectivity index (χ3n) is 3.95. The molecule has 0 aromatic heterocycles. The van der Waals surface area contributed by atoms with Gasteiger partial charge in [0.25, 0.3) is 5.91 Å². The van der Waals surface area contributed by atoms with E-state index in [-0.39, 0.29) is 12.5 Å². The normalized spacial score (nSPS) is 15.2. The number of thiocarbonyl (C=S) groups is 1. The first-order valence-electron chi connectivity index (χ1n) is 7.86. The summed E-state index contributed by atoms with van der Waals surface area (Å²) in [5.74, 6) is 0.816. The van der Waals surface area contributed by atoms with Gasteiger partial charge in [0, 0.05) is 5.69 Å². The van der Waals surface area contributed by atoms with Crippen LogP contribution < -0.4 is 25.6 Å². The Balaban J connectivity index is 1.52. The summed E-state index contributed by atoms with van der Waals surface area (Å²) in [6.45, 7) is 4.17. The van der Waals surface area contributed by atoms with Gasteiger partial charge in [0.15, 0.2) is 16.6 Å². The van der Waals surface area contributed by atoms with Crippen molar-refractivity contribution in [1.29, 1.82) is 0 Å². The summed E-state index contributed by atoms with van der Waals surface area (Å²) in [4.78, 5) is 12.2. The summed E-state index contributed by atoms with van der Waals surface area (Å²) in [6, 6.07) is 13.1. The average molecular weight is 357 g/mol. The molecule has 7 heteroatoms. The number of benzene rings is 2. The summed E-state index contributed by atoms with van der Waals surface area (Å²) >= 11 is 5.21. The SMILES string of the molecule is Cc1cccc(NC(=S)NNC(=O)[C@H]2COc3ccccc3O2)c1C. The number of amides is 1. The van der Waals surface area contributed by atoms with Gasteiger partial charge in [0.1, 0.15) is 6.61 Å². The molecule has 0 saturated heterocycles. The molecule has 0 saturated carbocycles. The van der Waals surface area contributed by atoms with Crippen molar-refractivity contribution >= 4 is 28.9 Å². The van der Waals surface area contributed by atoms with E-state index in [9.17, 15) is 4.79 Å². The number of hydrogen-bond acceptors (Lipinski definition) is 4. The third kappa shape index (κ3) is 4.00. The van der Waals surface area contributed by atoms with E-state index in [2.05, 4.69) is 16.2 Å². The number of carbonyl (C=O) groups is 1. The first-order chi connectivity index (χ1) is 12.0. The highest BCUT2D eigenvalue weighted by Gasteiger charge is 2.27. The van der Waals surface area contributed by atoms with Crippen LogP contribution in [0.3, 0.4) is 0 Å². The van der Waals surface area contributed by atoms with E-state index in [4.69, 9.17) is 21.7 Å². The van der Waals surface area contributed by atoms with Crippen LogP contribution in [0.4, 0.5) is 5.69 Å². The lowest BCUT2D eigenvalue weighted by atomic mass is 10.1. The lowest BCUT2D eigenvalue weighted by Crippen LogP contribution is -2.51. The summed E-state index contributed by atoms with van der Waals surface area (Å²) in [6.07, 6.45) is -0.745. The topological polar surface area (TPSA) is 71.6 Å². The zero-order chi connectivity index (χ0) is 17.8. The average Bonchev–Trinajstić information content (AvgIpc) is 2.63. The van der Waals surface area contributed by atoms with Gasteiger partial charge in [-0.2, -0.15) is 0 Å². The number of rotatable bonds is 2. The molecule has 1 amide bonds. The Bertz CT molecular complexity index is 810. The van der Waals surface area contributed by atoms with Crippen molar-refractivity contribution in [1.82, 2.24) is 10.9 Å². The highest BCUT2D eigenvalue weighted by molar-refractivity contribution is 7.80. The first kappa shape index (κ1) is 17.0. The van der Waals surface area contributed by atoms with Crippen LogP contribution in [0.5, 0.6) is 11.5 Å². The predicted molar refractivity (Wildman–Crippen MR) is 99.8 cm³/mol. The highest BCUT2D eigenvalue weighted by Crippen LogP contribution is 2.30. The number of fused-ring (bicyclic) bond motifs is 1. The van der Waals surface area contributed by atoms with Gasteiger partial charge in [0.2, 0.25) is 6.10 Å². The highest BCUT2D eigenvalue weighted by atomic mass is 32.1. The van der Waals surface area contributed by atoms with E-state index in [0.29, 0.717) is 16.6 Å². The predicted octanol–water partition coefficient (Wildman–Crippen LogP) is 2.46. The van der Waals surface area contributed by atoms with E-state index < -0.39 is 6.10 Å². The summed E-state index contributed by atoms with van der Waals surface area (Å²) < 4.78 is 11.2. The molecule has 3 rings (SSSR count). The van der Waals surface area contributed by atoms with Crippen LogP contribution in [-0.4, -0.2) is 23.7 Å². The first-order valence-corrected chi connectivity index (χ1v) is 8.27. The van der Waals surface area contributed by atoms with Gasteiger partial charge < -0.3 is 14.8 Å². The number of para-hydroxylation sites is 2. The van der Waals surface area contributed by atoms with Gasteiger partial charge >= 0.3 is 0 Å². The molecule has 6 nitrogen and oxygen atoms in total. The number of carbonyl (C=O) groups excluding carboxylic acids is 1. The van der Waals surface area contributed by atoms with E-state index in [1.165, 1.54) is 0 Å². The largest absolute Gasteiger partial charge is 0.485 e. The van der Waals surface area contributed by atoms with Crippen molar-refractivity contribution in [3.8, 4) is 11.5 Å². The maximum absolute atomic E-state index is 12.2. The van der Waals surface area contributed by atoms with Gasteiger partial charge in [-0.05, 0) is 55.4 Å². The number of anilines is 1. The van der Waals surface area contributed by atoms with E-state index in [1.54, 1.807) is 12.1 Å². The van der Waals surface area contributed by atoms with Crippen LogP contribution in [0, 0.1) is 13.8 Å². The van der Waals surface area contributed by atoms with Crippen LogP contribution in [0.25, 0.3) is 0 Å². The van der Waals surface area contributed by atoms with Crippen LogP contribution in [0.2, 0.25) is 0 Å². The minimum atomic E-state index is -0.745. The molecule has 1 aliphatic heterocycles. The second kappa shape index (κ2) is 7.40. The molecule has 3 N–H and O–H groups in total. The third-order valence-corrected chi connectivity index (χ3v) is 4.16. The van der Waals surface area contributed by atoms with Crippen molar-refractivity contribution < 1.29 is 14.3 Å². The monoisotopic (exact) mass is 357 g/mol. The summed E-state index contributed by atoms with van der Waals surface area (Å²) in [7, 11) is 0. The van der Waals surface area contributed by atoms with Gasteiger partial charge in [-0.25, -0.2) is 0 Å². The second-order valence-electron chi connectivity index (χ2n) is 5.68. The number of ether oxygens (including phenoxy) is 2. The molecule has 1 atom stereocenters. The number of hydrogen-bond donors (Lipinski definition) is 3. The molecule has 0 spiro atoms. The van der Waals surface area contributed by atoms with Gasteiger partial charge in [0.05, 0.1) is 0 Å². The molecule has 0 fully saturated rings. The van der Waals surface area contributed by atoms with Crippen LogP contribution >= 0.6 is 12.2 Å². The minimum Gasteiger partial charge on any atom is -0.485 e. The lowest BCUT2D eigenvalue weighted by molar-refractivity contribution is -0.130. The van der Waals surface area contributed by atoms with Crippen molar-refractivity contribution in [2.75, 3.05) is 11.9 Å². The smallest absolute Gasteiger partial charge is 0.283 e. The Labute approximate surface area is 151 Å². The molecule has 1 heterocycles. The van der Waals surface area contributed by atoms with Crippen LogP contribution in [0.1, 0.15) is 11.1 Å². The van der Waals surface area contributed by atoms with Crippen molar-refractivity contribution in [3.63, 3.8) is 0 Å². The zero-order valence-corrected chi connectivity index (χ0v) is 14.8. The maximum Gasteiger partial charge on any atom is 0.283 e. The fourth-order valence-corrected chi connectivity index (χ4v) is 2.55. The molecule has 1 aliphatic rings. The zero-order valence-electron chi connectivity index (χ0n) is 14.0. The molecule has 130 valence electrons. The minimum absolute atomic E-state index is 0.141. The van der Waals surface area contributed by atoms with E-state index >= 15 is 0 Å². The Hall–Kier alpha value is -2.80. The molecule has 0 bridgehead atoms. The van der Waals surface area contributed by atoms with Gasteiger partial charge in [-0.1, -0.05) is 24.3 Å². The quantitative estimate of drug-likeness (QED) is 0.567. The number of aryl methyl sites for hydroxylation is 1. The number of nitrogens with one attached hydrogen (secondary N) is 3. The Morgan fingerprint density at radius 3 is 2.64 bits per heavy atom. The molecular formula is C18H19N3O3S. The second-order valence-corrected chi connectivity index (χ2v) is 6.09. The molecule has 0 unspecified atom stereocenters. The molecule has 0 aliphatic carbocycles. The summed E-state index contributed by atoms with van der Waals surface area (Å²) in [5.41, 5.74) is 8.36. The molecule has 2 aromatic carbocycles. The lowest BCUT2D eigenvalue weighted by Gasteiger charge is -2.25. The van der Waals surface area contributed by atoms with E-state index in [1.807, 2.05) is 44.2 Å². The Morgan fingerprint density at radius 2 is 1.84 bits per heavy atom. The number of hydrazine groups is 1. The summed E-state index contributed by atoms with van der Waals surface area (Å²) in [5, 5.41) is 3.35. The van der Waals surface area contributed by atoms with Crippen molar-refractivity contribution in [2.24, 2.45) is 0 Å². The fourth-order valence-electron chi connectivity index (χ4n) is 2.39. The molecule has 0 radical (unpaired) electrons. The van der Waals surface area contributed by atoms with Gasteiger partial charge in [-0.15, -0.1) is 0 Å². The van der Waals surface area contributed by atoms with E-state index in [0.717, 1.165) is 16.8 Å². The fraction of sp³-hybridized carbons (Fsp3) is 0.222.